The van der Waals surface area contributed by atoms with Crippen molar-refractivity contribution in [3.05, 3.63) is 81.6 Å². The van der Waals surface area contributed by atoms with Crippen molar-refractivity contribution in [3.8, 4) is 17.0 Å². The van der Waals surface area contributed by atoms with Crippen LogP contribution in [0.25, 0.3) is 22.3 Å². The summed E-state index contributed by atoms with van der Waals surface area (Å²) in [4.78, 5) is 42.6. The molecule has 0 unspecified atom stereocenters. The van der Waals surface area contributed by atoms with Crippen LogP contribution in [0.4, 0.5) is 10.2 Å². The van der Waals surface area contributed by atoms with Gasteiger partial charge in [0.2, 0.25) is 5.91 Å². The molecule has 1 N–H and O–H groups in total. The van der Waals surface area contributed by atoms with E-state index in [0.29, 0.717) is 25.2 Å². The third kappa shape index (κ3) is 6.01. The van der Waals surface area contributed by atoms with Gasteiger partial charge in [-0.25, -0.2) is 27.6 Å². The Morgan fingerprint density at radius 3 is 2.60 bits per heavy atom. The second kappa shape index (κ2) is 12.2. The first kappa shape index (κ1) is 32.0. The van der Waals surface area contributed by atoms with E-state index >= 15 is 4.39 Å². The number of rotatable bonds is 7. The van der Waals surface area contributed by atoms with Gasteiger partial charge >= 0.3 is 5.69 Å². The van der Waals surface area contributed by atoms with Gasteiger partial charge in [0.15, 0.2) is 20.7 Å². The van der Waals surface area contributed by atoms with E-state index in [1.807, 2.05) is 20.8 Å². The molecule has 1 saturated heterocycles. The zero-order valence-corrected chi connectivity index (χ0v) is 26.7. The van der Waals surface area contributed by atoms with Gasteiger partial charge < -0.3 is 14.9 Å². The molecule has 14 heteroatoms. The highest BCUT2D eigenvalue weighted by atomic mass is 35.5. The smallest absolute Gasteiger partial charge is 0.351 e. The Balaban J connectivity index is 1.80. The number of amides is 1. The van der Waals surface area contributed by atoms with E-state index < -0.39 is 21.3 Å². The molecule has 1 aliphatic heterocycles. The van der Waals surface area contributed by atoms with Crippen molar-refractivity contribution < 1.29 is 22.7 Å². The van der Waals surface area contributed by atoms with Crippen molar-refractivity contribution in [1.29, 1.82) is 0 Å². The first-order valence-corrected chi connectivity index (χ1v) is 16.4. The number of piperazine rings is 1. The van der Waals surface area contributed by atoms with Crippen LogP contribution >= 0.6 is 11.6 Å². The molecule has 11 nitrogen and oxygen atoms in total. The number of phenolic OH excluding ortho intramolecular Hbond substituents is 1. The molecule has 0 saturated carbocycles. The number of aromatic hydroxyl groups is 1. The molecule has 1 aromatic carbocycles. The maximum Gasteiger partial charge on any atom is 0.351 e. The zero-order valence-electron chi connectivity index (χ0n) is 25.2. The predicted molar refractivity (Wildman–Crippen MR) is 170 cm³/mol. The lowest BCUT2D eigenvalue weighted by Gasteiger charge is -2.40. The maximum atomic E-state index is 16.0. The molecular formula is C31H32ClFN6O5S. The summed E-state index contributed by atoms with van der Waals surface area (Å²) in [5, 5.41) is 10.6. The minimum Gasteiger partial charge on any atom is -0.507 e. The van der Waals surface area contributed by atoms with Crippen LogP contribution in [0.1, 0.15) is 37.8 Å². The van der Waals surface area contributed by atoms with Crippen LogP contribution in [0.5, 0.6) is 5.75 Å². The number of hydrogen-bond acceptors (Lipinski definition) is 9. The number of carbonyl (C=O) groups excluding carboxylic acids is 1. The van der Waals surface area contributed by atoms with E-state index in [2.05, 4.69) is 21.5 Å². The van der Waals surface area contributed by atoms with Gasteiger partial charge in [0, 0.05) is 43.7 Å². The lowest BCUT2D eigenvalue weighted by Crippen LogP contribution is -2.54. The molecule has 45 heavy (non-hydrogen) atoms. The van der Waals surface area contributed by atoms with Crippen molar-refractivity contribution >= 4 is 44.2 Å². The molecular weight excluding hydrogens is 623 g/mol. The minimum atomic E-state index is -3.82. The van der Waals surface area contributed by atoms with Gasteiger partial charge in [0.1, 0.15) is 22.9 Å². The van der Waals surface area contributed by atoms with Crippen LogP contribution in [0.15, 0.2) is 59.0 Å². The number of carbonyl (C=O) groups is 1. The fourth-order valence-electron chi connectivity index (χ4n) is 5.70. The summed E-state index contributed by atoms with van der Waals surface area (Å²) < 4.78 is 42.7. The van der Waals surface area contributed by atoms with Crippen molar-refractivity contribution in [3.63, 3.8) is 0 Å². The summed E-state index contributed by atoms with van der Waals surface area (Å²) in [7, 11) is -3.82. The summed E-state index contributed by atoms with van der Waals surface area (Å²) in [6, 6.07) is 6.87. The number of pyridine rings is 2. The topological polar surface area (TPSA) is 139 Å². The molecule has 1 fully saturated rings. The van der Waals surface area contributed by atoms with Crippen LogP contribution in [-0.4, -0.2) is 75.8 Å². The summed E-state index contributed by atoms with van der Waals surface area (Å²) in [5.74, 6) is -1.35. The van der Waals surface area contributed by atoms with Gasteiger partial charge in [0.05, 0.1) is 22.5 Å². The van der Waals surface area contributed by atoms with Crippen LogP contribution < -0.4 is 10.6 Å². The normalized spacial score (nSPS) is 15.6. The average molecular weight is 655 g/mol. The summed E-state index contributed by atoms with van der Waals surface area (Å²) >= 11 is 6.37. The number of hydrogen-bond donors (Lipinski definition) is 1. The SMILES string of the molecule is C=CC(=O)N1CCN(c2nc(=O)n(Cc3c(C(C)C)ccnc3S(C)(=O)=O)c3nc(-c4c(O)cccc4Cl)c(F)cc23)[C@@H](C)C1. The number of nitrogens with zero attached hydrogens (tertiary/aromatic N) is 6. The average Bonchev–Trinajstić information content (AvgIpc) is 2.97. The predicted octanol–water partition coefficient (Wildman–Crippen LogP) is 4.15. The van der Waals surface area contributed by atoms with E-state index in [1.54, 1.807) is 15.9 Å². The Kier molecular flexibility index (Phi) is 8.69. The summed E-state index contributed by atoms with van der Waals surface area (Å²) in [6.07, 6.45) is 3.67. The van der Waals surface area contributed by atoms with E-state index in [9.17, 15) is 23.1 Å². The number of aromatic nitrogens is 4. The van der Waals surface area contributed by atoms with Crippen LogP contribution in [0, 0.1) is 5.82 Å². The maximum absolute atomic E-state index is 16.0. The van der Waals surface area contributed by atoms with Crippen molar-refractivity contribution in [2.75, 3.05) is 30.8 Å². The number of phenols is 1. The largest absolute Gasteiger partial charge is 0.507 e. The minimum absolute atomic E-state index is 0.00414. The Morgan fingerprint density at radius 1 is 1.24 bits per heavy atom. The van der Waals surface area contributed by atoms with Crippen molar-refractivity contribution in [2.45, 2.75) is 44.3 Å². The van der Waals surface area contributed by atoms with Gasteiger partial charge in [-0.3, -0.25) is 9.36 Å². The number of halogens is 2. The monoisotopic (exact) mass is 654 g/mol. The molecule has 0 bridgehead atoms. The lowest BCUT2D eigenvalue weighted by atomic mass is 9.99. The molecule has 4 aromatic rings. The molecule has 5 rings (SSSR count). The van der Waals surface area contributed by atoms with Crippen LogP contribution in [0.2, 0.25) is 5.02 Å². The van der Waals surface area contributed by atoms with E-state index in [1.165, 1.54) is 41.1 Å². The van der Waals surface area contributed by atoms with Gasteiger partial charge in [-0.2, -0.15) is 4.98 Å². The lowest BCUT2D eigenvalue weighted by molar-refractivity contribution is -0.126. The van der Waals surface area contributed by atoms with E-state index in [-0.39, 0.29) is 73.9 Å². The quantitative estimate of drug-likeness (QED) is 0.291. The molecule has 1 amide bonds. The molecule has 1 atom stereocenters. The number of fused-ring (bicyclic) bond motifs is 1. The molecule has 3 aromatic heterocycles. The van der Waals surface area contributed by atoms with Crippen LogP contribution in [0.3, 0.4) is 0 Å². The third-order valence-electron chi connectivity index (χ3n) is 7.84. The number of benzene rings is 1. The molecule has 4 heterocycles. The van der Waals surface area contributed by atoms with Crippen LogP contribution in [-0.2, 0) is 21.2 Å². The Labute approximate surface area is 264 Å². The van der Waals surface area contributed by atoms with E-state index in [4.69, 9.17) is 11.6 Å². The molecule has 0 radical (unpaired) electrons. The summed E-state index contributed by atoms with van der Waals surface area (Å²) in [5.41, 5.74) is -0.203. The van der Waals surface area contributed by atoms with Gasteiger partial charge in [0.25, 0.3) is 0 Å². The Bertz CT molecular complexity index is 2000. The van der Waals surface area contributed by atoms with Gasteiger partial charge in [-0.15, -0.1) is 0 Å². The summed E-state index contributed by atoms with van der Waals surface area (Å²) in [6.45, 7) is 9.80. The molecule has 0 spiro atoms. The molecule has 236 valence electrons. The van der Waals surface area contributed by atoms with Gasteiger partial charge in [-0.05, 0) is 48.7 Å². The standard InChI is InChI=1S/C31H32ClFN6O5S/c1-6-25(41)37-12-13-38(18(4)15-37)29-20-14-23(33)27(26-22(32)8-7-9-24(26)40)35-28(20)39(31(42)36-29)16-21-19(17(2)3)10-11-34-30(21)45(5,43)44/h6-11,14,17-18,40H,1,12-13,15-16H2,2-5H3/t18-/m0/s1. The van der Waals surface area contributed by atoms with Crippen molar-refractivity contribution in [2.24, 2.45) is 0 Å². The third-order valence-corrected chi connectivity index (χ3v) is 9.21. The highest BCUT2D eigenvalue weighted by Gasteiger charge is 2.31. The zero-order chi connectivity index (χ0) is 32.8. The highest BCUT2D eigenvalue weighted by molar-refractivity contribution is 7.90. The second-order valence-corrected chi connectivity index (χ2v) is 13.6. The Morgan fingerprint density at radius 2 is 1.98 bits per heavy atom. The first-order valence-electron chi connectivity index (χ1n) is 14.2. The van der Waals surface area contributed by atoms with E-state index in [0.717, 1.165) is 6.26 Å². The number of anilines is 1. The molecule has 1 aliphatic rings. The first-order chi connectivity index (χ1) is 21.2. The molecule has 0 aliphatic carbocycles. The van der Waals surface area contributed by atoms with Crippen molar-refractivity contribution in [1.82, 2.24) is 24.4 Å². The second-order valence-electron chi connectivity index (χ2n) is 11.3. The fraction of sp³-hybridized carbons (Fsp3) is 0.323. The Hall–Kier alpha value is -4.36. The number of sulfone groups is 1. The fourth-order valence-corrected chi connectivity index (χ4v) is 6.84. The van der Waals surface area contributed by atoms with Gasteiger partial charge in [-0.1, -0.05) is 38.1 Å². The highest BCUT2D eigenvalue weighted by Crippen LogP contribution is 2.38.